The minimum absolute atomic E-state index is 0.214. The number of carbonyl (C=O) groups excluding carboxylic acids is 1. The smallest absolute Gasteiger partial charge is 0.327 e. The van der Waals surface area contributed by atoms with Gasteiger partial charge in [-0.25, -0.2) is 13.6 Å². The molecule has 88 valence electrons. The molecule has 1 atom stereocenters. The van der Waals surface area contributed by atoms with Gasteiger partial charge in [0, 0.05) is 6.07 Å². The third-order valence-electron chi connectivity index (χ3n) is 2.06. The molecule has 16 heavy (non-hydrogen) atoms. The van der Waals surface area contributed by atoms with Gasteiger partial charge in [0.2, 0.25) is 0 Å². The van der Waals surface area contributed by atoms with Crippen LogP contribution in [0.15, 0.2) is 18.2 Å². The Balaban J connectivity index is 3.04. The molecular weight excluding hydrogens is 216 g/mol. The van der Waals surface area contributed by atoms with Crippen LogP contribution < -0.4 is 5.32 Å². The summed E-state index contributed by atoms with van der Waals surface area (Å²) in [6.07, 6.45) is 0. The van der Waals surface area contributed by atoms with E-state index in [1.165, 1.54) is 7.11 Å². The van der Waals surface area contributed by atoms with Crippen LogP contribution >= 0.6 is 0 Å². The van der Waals surface area contributed by atoms with Gasteiger partial charge in [-0.1, -0.05) is 6.92 Å². The molecule has 0 fully saturated rings. The van der Waals surface area contributed by atoms with Crippen LogP contribution in [0.5, 0.6) is 0 Å². The number of likely N-dealkylation sites (N-methyl/N-ethyl adjacent to an activating group) is 1. The maximum atomic E-state index is 13.0. The molecule has 0 bridgehead atoms. The number of methoxy groups -OCH3 is 1. The zero-order valence-corrected chi connectivity index (χ0v) is 9.09. The average Bonchev–Trinajstić information content (AvgIpc) is 2.23. The van der Waals surface area contributed by atoms with Crippen molar-refractivity contribution in [1.82, 2.24) is 5.32 Å². The van der Waals surface area contributed by atoms with Crippen LogP contribution in [-0.4, -0.2) is 19.6 Å². The Morgan fingerprint density at radius 2 is 1.94 bits per heavy atom. The molecule has 3 nitrogen and oxygen atoms in total. The topological polar surface area (TPSA) is 38.3 Å². The third-order valence-corrected chi connectivity index (χ3v) is 2.06. The van der Waals surface area contributed by atoms with Gasteiger partial charge in [0.25, 0.3) is 0 Å². The zero-order chi connectivity index (χ0) is 12.1. The Hall–Kier alpha value is -1.49. The Morgan fingerprint density at radius 1 is 1.38 bits per heavy atom. The average molecular weight is 229 g/mol. The van der Waals surface area contributed by atoms with Crippen LogP contribution in [0.3, 0.4) is 0 Å². The quantitative estimate of drug-likeness (QED) is 0.800. The van der Waals surface area contributed by atoms with Crippen LogP contribution in [-0.2, 0) is 9.53 Å². The van der Waals surface area contributed by atoms with E-state index >= 15 is 0 Å². The summed E-state index contributed by atoms with van der Waals surface area (Å²) in [5.74, 6) is -2.02. The van der Waals surface area contributed by atoms with Crippen LogP contribution in [0.25, 0.3) is 0 Å². The Morgan fingerprint density at radius 3 is 2.38 bits per heavy atom. The number of hydrogen-bond acceptors (Lipinski definition) is 3. The molecule has 5 heteroatoms. The predicted octanol–water partition coefficient (Wildman–Crippen LogP) is 1.79. The largest absolute Gasteiger partial charge is 0.468 e. The first-order valence-electron chi connectivity index (χ1n) is 4.85. The molecule has 0 heterocycles. The monoisotopic (exact) mass is 229 g/mol. The van der Waals surface area contributed by atoms with Crippen molar-refractivity contribution in [3.8, 4) is 0 Å². The van der Waals surface area contributed by atoms with Crippen LogP contribution in [0.2, 0.25) is 0 Å². The van der Waals surface area contributed by atoms with Crippen LogP contribution in [0.4, 0.5) is 8.78 Å². The lowest BCUT2D eigenvalue weighted by molar-refractivity contribution is -0.143. The molecule has 0 radical (unpaired) electrons. The van der Waals surface area contributed by atoms with Crippen LogP contribution in [0, 0.1) is 11.6 Å². The van der Waals surface area contributed by atoms with E-state index in [2.05, 4.69) is 10.1 Å². The summed E-state index contributed by atoms with van der Waals surface area (Å²) in [7, 11) is 1.22. The van der Waals surface area contributed by atoms with Gasteiger partial charge in [-0.3, -0.25) is 0 Å². The van der Waals surface area contributed by atoms with Gasteiger partial charge in [-0.15, -0.1) is 0 Å². The second kappa shape index (κ2) is 5.55. The van der Waals surface area contributed by atoms with Crippen molar-refractivity contribution in [2.24, 2.45) is 0 Å². The maximum Gasteiger partial charge on any atom is 0.327 e. The highest BCUT2D eigenvalue weighted by Gasteiger charge is 2.21. The summed E-state index contributed by atoms with van der Waals surface area (Å²) in [5, 5.41) is 2.80. The molecule has 1 unspecified atom stereocenters. The van der Waals surface area contributed by atoms with E-state index in [0.717, 1.165) is 18.2 Å². The van der Waals surface area contributed by atoms with Crippen LogP contribution in [0.1, 0.15) is 18.5 Å². The molecule has 0 aliphatic rings. The fourth-order valence-corrected chi connectivity index (χ4v) is 1.40. The number of benzene rings is 1. The molecule has 0 saturated heterocycles. The number of esters is 1. The van der Waals surface area contributed by atoms with Crippen molar-refractivity contribution < 1.29 is 18.3 Å². The van der Waals surface area contributed by atoms with Gasteiger partial charge >= 0.3 is 5.97 Å². The van der Waals surface area contributed by atoms with Gasteiger partial charge in [-0.2, -0.15) is 0 Å². The minimum Gasteiger partial charge on any atom is -0.468 e. The van der Waals surface area contributed by atoms with E-state index in [0.29, 0.717) is 6.54 Å². The van der Waals surface area contributed by atoms with E-state index in [1.807, 2.05) is 0 Å². The highest BCUT2D eigenvalue weighted by Crippen LogP contribution is 2.17. The number of halogens is 2. The van der Waals surface area contributed by atoms with Crippen molar-refractivity contribution in [3.05, 3.63) is 35.4 Å². The van der Waals surface area contributed by atoms with E-state index in [-0.39, 0.29) is 5.56 Å². The number of ether oxygens (including phenoxy) is 1. The summed E-state index contributed by atoms with van der Waals surface area (Å²) in [5.41, 5.74) is 0.214. The number of nitrogens with one attached hydrogen (secondary N) is 1. The Bertz CT molecular complexity index is 362. The molecule has 0 aliphatic heterocycles. The molecule has 0 aliphatic carbocycles. The van der Waals surface area contributed by atoms with Gasteiger partial charge in [0.05, 0.1) is 7.11 Å². The first-order chi connectivity index (χ1) is 7.58. The molecule has 1 rings (SSSR count). The van der Waals surface area contributed by atoms with Gasteiger partial charge < -0.3 is 10.1 Å². The predicted molar refractivity (Wildman–Crippen MR) is 54.8 cm³/mol. The Kier molecular flexibility index (Phi) is 4.37. The molecular formula is C11H13F2NO2. The van der Waals surface area contributed by atoms with Crippen molar-refractivity contribution in [1.29, 1.82) is 0 Å². The lowest BCUT2D eigenvalue weighted by atomic mass is 10.1. The first kappa shape index (κ1) is 12.6. The number of hydrogen-bond donors (Lipinski definition) is 1. The van der Waals surface area contributed by atoms with Gasteiger partial charge in [0.1, 0.15) is 17.7 Å². The fourth-order valence-electron chi connectivity index (χ4n) is 1.40. The number of rotatable bonds is 4. The lowest BCUT2D eigenvalue weighted by Crippen LogP contribution is -2.29. The molecule has 0 saturated carbocycles. The standard InChI is InChI=1S/C11H13F2NO2/c1-3-14-10(11(15)16-2)7-4-8(12)6-9(13)5-7/h4-6,10,14H,3H2,1-2H3. The normalized spacial score (nSPS) is 12.2. The Labute approximate surface area is 92.4 Å². The summed E-state index contributed by atoms with van der Waals surface area (Å²) < 4.78 is 30.5. The number of carbonyl (C=O) groups is 1. The van der Waals surface area contributed by atoms with Crippen molar-refractivity contribution >= 4 is 5.97 Å². The van der Waals surface area contributed by atoms with E-state index in [1.54, 1.807) is 6.92 Å². The lowest BCUT2D eigenvalue weighted by Gasteiger charge is -2.15. The zero-order valence-electron chi connectivity index (χ0n) is 9.09. The van der Waals surface area contributed by atoms with Crippen molar-refractivity contribution in [3.63, 3.8) is 0 Å². The van der Waals surface area contributed by atoms with Crippen molar-refractivity contribution in [2.45, 2.75) is 13.0 Å². The molecule has 0 amide bonds. The van der Waals surface area contributed by atoms with Crippen molar-refractivity contribution in [2.75, 3.05) is 13.7 Å². The second-order valence-corrected chi connectivity index (χ2v) is 3.22. The summed E-state index contributed by atoms with van der Waals surface area (Å²) in [6.45, 7) is 2.27. The molecule has 1 aromatic carbocycles. The summed E-state index contributed by atoms with van der Waals surface area (Å²) >= 11 is 0. The summed E-state index contributed by atoms with van der Waals surface area (Å²) in [6, 6.07) is 2.12. The van der Waals surface area contributed by atoms with E-state index < -0.39 is 23.6 Å². The molecule has 0 spiro atoms. The highest BCUT2D eigenvalue weighted by molar-refractivity contribution is 5.77. The second-order valence-electron chi connectivity index (χ2n) is 3.22. The van der Waals surface area contributed by atoms with Gasteiger partial charge in [0.15, 0.2) is 0 Å². The maximum absolute atomic E-state index is 13.0. The molecule has 1 aromatic rings. The van der Waals surface area contributed by atoms with E-state index in [9.17, 15) is 13.6 Å². The molecule has 1 N–H and O–H groups in total. The van der Waals surface area contributed by atoms with Gasteiger partial charge in [-0.05, 0) is 24.2 Å². The first-order valence-corrected chi connectivity index (χ1v) is 4.85. The minimum atomic E-state index is -0.847. The third kappa shape index (κ3) is 3.00. The summed E-state index contributed by atoms with van der Waals surface area (Å²) in [4.78, 5) is 11.4. The molecule has 0 aromatic heterocycles. The fraction of sp³-hybridized carbons (Fsp3) is 0.364. The van der Waals surface area contributed by atoms with E-state index in [4.69, 9.17) is 0 Å². The highest BCUT2D eigenvalue weighted by atomic mass is 19.1. The SMILES string of the molecule is CCNC(C(=O)OC)c1cc(F)cc(F)c1.